The Labute approximate surface area is 113 Å². The lowest BCUT2D eigenvalue weighted by molar-refractivity contribution is -0.121. The topological polar surface area (TPSA) is 29.1 Å². The number of carbonyl (C=O) groups excluding carboxylic acids is 1. The van der Waals surface area contributed by atoms with Crippen LogP contribution in [0.25, 0.3) is 11.1 Å². The van der Waals surface area contributed by atoms with Crippen LogP contribution >= 0.6 is 0 Å². The van der Waals surface area contributed by atoms with Crippen molar-refractivity contribution >= 4 is 5.91 Å². The van der Waals surface area contributed by atoms with Crippen molar-refractivity contribution < 1.29 is 4.79 Å². The molecule has 0 saturated carbocycles. The van der Waals surface area contributed by atoms with Crippen LogP contribution in [0.15, 0.2) is 42.5 Å². The van der Waals surface area contributed by atoms with Gasteiger partial charge >= 0.3 is 0 Å². The van der Waals surface area contributed by atoms with Crippen LogP contribution in [0.1, 0.15) is 29.5 Å². The molecule has 1 aliphatic rings. The number of hydrogen-bond acceptors (Lipinski definition) is 1. The molecule has 1 aliphatic carbocycles. The molecule has 0 aromatic heterocycles. The summed E-state index contributed by atoms with van der Waals surface area (Å²) < 4.78 is 0. The van der Waals surface area contributed by atoms with Gasteiger partial charge in [0.1, 0.15) is 0 Å². The predicted octanol–water partition coefficient (Wildman–Crippen LogP) is 3.24. The van der Waals surface area contributed by atoms with Gasteiger partial charge in [0.05, 0.1) is 5.92 Å². The Morgan fingerprint density at radius 2 is 1.84 bits per heavy atom. The van der Waals surface area contributed by atoms with Crippen molar-refractivity contribution in [2.45, 2.75) is 19.8 Å². The van der Waals surface area contributed by atoms with Crippen molar-refractivity contribution in [3.8, 4) is 11.1 Å². The summed E-state index contributed by atoms with van der Waals surface area (Å²) in [6.07, 6.45) is 0. The number of carbonyl (C=O) groups is 1. The van der Waals surface area contributed by atoms with E-state index in [2.05, 4.69) is 42.6 Å². The molecule has 1 amide bonds. The zero-order valence-electron chi connectivity index (χ0n) is 11.2. The van der Waals surface area contributed by atoms with Crippen molar-refractivity contribution in [1.29, 1.82) is 0 Å². The predicted molar refractivity (Wildman–Crippen MR) is 77.1 cm³/mol. The summed E-state index contributed by atoms with van der Waals surface area (Å²) in [7, 11) is 0. The third-order valence-electron chi connectivity index (χ3n) is 3.79. The zero-order chi connectivity index (χ0) is 13.4. The van der Waals surface area contributed by atoms with Crippen LogP contribution < -0.4 is 5.32 Å². The average molecular weight is 251 g/mol. The number of nitrogens with one attached hydrogen (secondary N) is 1. The Kier molecular flexibility index (Phi) is 2.86. The fourth-order valence-electron chi connectivity index (χ4n) is 3.00. The molecule has 19 heavy (non-hydrogen) atoms. The van der Waals surface area contributed by atoms with Crippen molar-refractivity contribution in [2.24, 2.45) is 0 Å². The van der Waals surface area contributed by atoms with E-state index < -0.39 is 0 Å². The van der Waals surface area contributed by atoms with Gasteiger partial charge in [0.15, 0.2) is 0 Å². The number of fused-ring (bicyclic) bond motifs is 3. The number of benzene rings is 2. The van der Waals surface area contributed by atoms with Crippen molar-refractivity contribution in [2.75, 3.05) is 6.54 Å². The highest BCUT2D eigenvalue weighted by atomic mass is 16.1. The van der Waals surface area contributed by atoms with Gasteiger partial charge in [-0.2, -0.15) is 0 Å². The number of rotatable bonds is 2. The van der Waals surface area contributed by atoms with E-state index in [4.69, 9.17) is 0 Å². The maximum atomic E-state index is 12.4. The van der Waals surface area contributed by atoms with E-state index in [0.29, 0.717) is 6.54 Å². The molecule has 0 fully saturated rings. The van der Waals surface area contributed by atoms with Gasteiger partial charge in [-0.3, -0.25) is 4.79 Å². The summed E-state index contributed by atoms with van der Waals surface area (Å²) in [5.41, 5.74) is 5.86. The van der Waals surface area contributed by atoms with E-state index in [1.807, 2.05) is 19.1 Å². The van der Waals surface area contributed by atoms with Gasteiger partial charge in [-0.1, -0.05) is 42.5 Å². The second kappa shape index (κ2) is 4.54. The number of amides is 1. The van der Waals surface area contributed by atoms with Gasteiger partial charge in [0.2, 0.25) is 5.91 Å². The van der Waals surface area contributed by atoms with Crippen LogP contribution in [0.2, 0.25) is 0 Å². The first-order valence-electron chi connectivity index (χ1n) is 6.70. The molecule has 0 spiro atoms. The molecule has 2 aromatic carbocycles. The van der Waals surface area contributed by atoms with Crippen molar-refractivity contribution in [3.63, 3.8) is 0 Å². The molecule has 1 N–H and O–H groups in total. The van der Waals surface area contributed by atoms with Gasteiger partial charge in [0.25, 0.3) is 0 Å². The van der Waals surface area contributed by atoms with E-state index in [1.165, 1.54) is 16.7 Å². The Balaban J connectivity index is 2.23. The first kappa shape index (κ1) is 12.0. The smallest absolute Gasteiger partial charge is 0.232 e. The summed E-state index contributed by atoms with van der Waals surface area (Å²) >= 11 is 0. The summed E-state index contributed by atoms with van der Waals surface area (Å²) in [4.78, 5) is 12.4. The molecule has 0 saturated heterocycles. The van der Waals surface area contributed by atoms with E-state index in [0.717, 1.165) is 11.1 Å². The minimum absolute atomic E-state index is 0.1000. The van der Waals surface area contributed by atoms with Gasteiger partial charge in [-0.25, -0.2) is 0 Å². The largest absolute Gasteiger partial charge is 0.356 e. The van der Waals surface area contributed by atoms with Crippen LogP contribution in [0.4, 0.5) is 0 Å². The first-order chi connectivity index (χ1) is 9.24. The van der Waals surface area contributed by atoms with Gasteiger partial charge in [-0.05, 0) is 41.7 Å². The van der Waals surface area contributed by atoms with E-state index in [-0.39, 0.29) is 11.8 Å². The molecule has 1 unspecified atom stereocenters. The fourth-order valence-corrected chi connectivity index (χ4v) is 3.00. The minimum Gasteiger partial charge on any atom is -0.356 e. The third kappa shape index (κ3) is 1.75. The molecule has 0 bridgehead atoms. The first-order valence-corrected chi connectivity index (χ1v) is 6.70. The molecule has 2 heteroatoms. The van der Waals surface area contributed by atoms with Crippen LogP contribution in [0.3, 0.4) is 0 Å². The second-order valence-electron chi connectivity index (χ2n) is 4.95. The van der Waals surface area contributed by atoms with Gasteiger partial charge < -0.3 is 5.32 Å². The Bertz CT molecular complexity index is 645. The summed E-state index contributed by atoms with van der Waals surface area (Å²) in [5.74, 6) is -0.0599. The number of aryl methyl sites for hydroxylation is 1. The Hall–Kier alpha value is -2.09. The molecule has 0 aliphatic heterocycles. The number of hydrogen-bond donors (Lipinski definition) is 1. The Morgan fingerprint density at radius 1 is 1.11 bits per heavy atom. The molecular weight excluding hydrogens is 234 g/mol. The highest BCUT2D eigenvalue weighted by Crippen LogP contribution is 2.45. The normalized spacial score (nSPS) is 15.8. The van der Waals surface area contributed by atoms with Crippen molar-refractivity contribution in [3.05, 3.63) is 59.2 Å². The maximum absolute atomic E-state index is 12.4. The van der Waals surface area contributed by atoms with E-state index in [1.54, 1.807) is 0 Å². The maximum Gasteiger partial charge on any atom is 0.232 e. The molecule has 2 aromatic rings. The lowest BCUT2D eigenvalue weighted by Gasteiger charge is -2.14. The molecule has 2 nitrogen and oxygen atoms in total. The van der Waals surface area contributed by atoms with Crippen LogP contribution in [-0.4, -0.2) is 12.5 Å². The molecule has 0 radical (unpaired) electrons. The summed E-state index contributed by atoms with van der Waals surface area (Å²) in [6, 6.07) is 14.5. The fraction of sp³-hybridized carbons (Fsp3) is 0.235. The highest BCUT2D eigenvalue weighted by Gasteiger charge is 2.34. The van der Waals surface area contributed by atoms with E-state index in [9.17, 15) is 4.79 Å². The lowest BCUT2D eigenvalue weighted by atomic mass is 9.93. The van der Waals surface area contributed by atoms with Gasteiger partial charge in [0, 0.05) is 6.54 Å². The van der Waals surface area contributed by atoms with E-state index >= 15 is 0 Å². The molecule has 96 valence electrons. The SMILES string of the molecule is CCNC(=O)C1c2ccccc2-c2cccc(C)c21. The minimum atomic E-state index is -0.160. The van der Waals surface area contributed by atoms with Crippen LogP contribution in [0.5, 0.6) is 0 Å². The molecule has 3 rings (SSSR count). The molecule has 0 heterocycles. The lowest BCUT2D eigenvalue weighted by Crippen LogP contribution is -2.29. The quantitative estimate of drug-likeness (QED) is 0.872. The average Bonchev–Trinajstić information content (AvgIpc) is 2.75. The monoisotopic (exact) mass is 251 g/mol. The zero-order valence-corrected chi connectivity index (χ0v) is 11.2. The third-order valence-corrected chi connectivity index (χ3v) is 3.79. The molecule has 1 atom stereocenters. The highest BCUT2D eigenvalue weighted by molar-refractivity contribution is 5.96. The van der Waals surface area contributed by atoms with Gasteiger partial charge in [-0.15, -0.1) is 0 Å². The van der Waals surface area contributed by atoms with Crippen LogP contribution in [-0.2, 0) is 4.79 Å². The summed E-state index contributed by atoms with van der Waals surface area (Å²) in [6.45, 7) is 4.70. The van der Waals surface area contributed by atoms with Crippen molar-refractivity contribution in [1.82, 2.24) is 5.32 Å². The second-order valence-corrected chi connectivity index (χ2v) is 4.95. The standard InChI is InChI=1S/C17H17NO/c1-3-18-17(19)16-14-9-5-4-8-12(14)13-10-6-7-11(2)15(13)16/h4-10,16H,3H2,1-2H3,(H,18,19). The number of likely N-dealkylation sites (N-methyl/N-ethyl adjacent to an activating group) is 1. The Morgan fingerprint density at radius 3 is 2.63 bits per heavy atom. The van der Waals surface area contributed by atoms with Crippen LogP contribution in [0, 0.1) is 6.92 Å². The molecular formula is C17H17NO. The summed E-state index contributed by atoms with van der Waals surface area (Å²) in [5, 5.41) is 2.96.